The SMILES string of the molecule is CC1=C=CCCC(C(F)(F)F)C=C1. The minimum absolute atomic E-state index is 0.125. The van der Waals surface area contributed by atoms with E-state index < -0.39 is 12.1 Å². The van der Waals surface area contributed by atoms with Crippen LogP contribution in [-0.2, 0) is 0 Å². The maximum atomic E-state index is 12.3. The summed E-state index contributed by atoms with van der Waals surface area (Å²) in [5, 5.41) is 0. The maximum absolute atomic E-state index is 12.3. The van der Waals surface area contributed by atoms with Gasteiger partial charge in [0.2, 0.25) is 0 Å². The van der Waals surface area contributed by atoms with Gasteiger partial charge in [-0.25, -0.2) is 0 Å². The lowest BCUT2D eigenvalue weighted by Gasteiger charge is -2.16. The van der Waals surface area contributed by atoms with Gasteiger partial charge in [0.25, 0.3) is 0 Å². The van der Waals surface area contributed by atoms with Gasteiger partial charge in [-0.3, -0.25) is 0 Å². The van der Waals surface area contributed by atoms with Crippen molar-refractivity contribution in [3.8, 4) is 0 Å². The van der Waals surface area contributed by atoms with Crippen molar-refractivity contribution in [2.45, 2.75) is 25.9 Å². The molecular weight excluding hydrogens is 177 g/mol. The molecule has 1 atom stereocenters. The summed E-state index contributed by atoms with van der Waals surface area (Å²) in [7, 11) is 0. The number of allylic oxidation sites excluding steroid dienone is 3. The van der Waals surface area contributed by atoms with Crippen LogP contribution in [0.3, 0.4) is 0 Å². The minimum Gasteiger partial charge on any atom is -0.170 e. The molecule has 1 aliphatic rings. The van der Waals surface area contributed by atoms with Crippen molar-refractivity contribution < 1.29 is 13.2 Å². The van der Waals surface area contributed by atoms with Crippen LogP contribution in [0.25, 0.3) is 0 Å². The highest BCUT2D eigenvalue weighted by Crippen LogP contribution is 2.31. The highest BCUT2D eigenvalue weighted by molar-refractivity contribution is 5.18. The molecule has 0 aromatic rings. The predicted octanol–water partition coefficient (Wildman–Crippen LogP) is 3.62. The molecule has 3 heteroatoms. The Morgan fingerprint density at radius 1 is 1.46 bits per heavy atom. The zero-order valence-electron chi connectivity index (χ0n) is 7.36. The second-order valence-corrected chi connectivity index (χ2v) is 3.12. The molecule has 1 rings (SSSR count). The van der Waals surface area contributed by atoms with E-state index in [2.05, 4.69) is 5.73 Å². The summed E-state index contributed by atoms with van der Waals surface area (Å²) in [6.07, 6.45) is 0.814. The Morgan fingerprint density at radius 3 is 2.77 bits per heavy atom. The Morgan fingerprint density at radius 2 is 2.15 bits per heavy atom. The summed E-state index contributed by atoms with van der Waals surface area (Å²) in [5.41, 5.74) is 3.64. The van der Waals surface area contributed by atoms with E-state index in [1.807, 2.05) is 0 Å². The van der Waals surface area contributed by atoms with Crippen LogP contribution in [0.2, 0.25) is 0 Å². The molecule has 0 heterocycles. The van der Waals surface area contributed by atoms with Gasteiger partial charge in [0.1, 0.15) is 0 Å². The first-order valence-corrected chi connectivity index (χ1v) is 4.17. The van der Waals surface area contributed by atoms with Crippen molar-refractivity contribution in [3.63, 3.8) is 0 Å². The first-order valence-electron chi connectivity index (χ1n) is 4.17. The van der Waals surface area contributed by atoms with Crippen molar-refractivity contribution in [2.75, 3.05) is 0 Å². The Balaban J connectivity index is 2.80. The van der Waals surface area contributed by atoms with Crippen LogP contribution in [-0.4, -0.2) is 6.18 Å². The van der Waals surface area contributed by atoms with E-state index in [-0.39, 0.29) is 6.42 Å². The predicted molar refractivity (Wildman–Crippen MR) is 45.2 cm³/mol. The van der Waals surface area contributed by atoms with Crippen LogP contribution in [0.5, 0.6) is 0 Å². The van der Waals surface area contributed by atoms with Crippen molar-refractivity contribution in [2.24, 2.45) is 5.92 Å². The molecule has 0 aliphatic heterocycles. The molecule has 0 aromatic carbocycles. The number of alkyl halides is 3. The molecule has 0 amide bonds. The Bertz CT molecular complexity index is 264. The monoisotopic (exact) mass is 188 g/mol. The van der Waals surface area contributed by atoms with Crippen LogP contribution in [0, 0.1) is 5.92 Å². The molecule has 0 nitrogen and oxygen atoms in total. The normalized spacial score (nSPS) is 23.7. The number of hydrogen-bond acceptors (Lipinski definition) is 0. The molecule has 1 unspecified atom stereocenters. The summed E-state index contributed by atoms with van der Waals surface area (Å²) in [4.78, 5) is 0. The fraction of sp³-hybridized carbons (Fsp3) is 0.500. The molecule has 0 bridgehead atoms. The summed E-state index contributed by atoms with van der Waals surface area (Å²) >= 11 is 0. The van der Waals surface area contributed by atoms with E-state index in [0.717, 1.165) is 5.57 Å². The Kier molecular flexibility index (Phi) is 2.99. The highest BCUT2D eigenvalue weighted by atomic mass is 19.4. The van der Waals surface area contributed by atoms with E-state index in [1.54, 1.807) is 13.0 Å². The van der Waals surface area contributed by atoms with Gasteiger partial charge in [0, 0.05) is 0 Å². The molecule has 0 aromatic heterocycles. The molecule has 0 saturated carbocycles. The van der Waals surface area contributed by atoms with Crippen molar-refractivity contribution >= 4 is 0 Å². The van der Waals surface area contributed by atoms with E-state index in [1.165, 1.54) is 12.2 Å². The minimum atomic E-state index is -4.11. The maximum Gasteiger partial charge on any atom is 0.395 e. The van der Waals surface area contributed by atoms with Crippen molar-refractivity contribution in [1.82, 2.24) is 0 Å². The van der Waals surface area contributed by atoms with Gasteiger partial charge in [0.05, 0.1) is 5.92 Å². The zero-order chi connectivity index (χ0) is 9.90. The number of halogens is 3. The first kappa shape index (κ1) is 10.1. The summed E-state index contributed by atoms with van der Waals surface area (Å²) in [6, 6.07) is 0. The number of hydrogen-bond donors (Lipinski definition) is 0. The van der Waals surface area contributed by atoms with Crippen LogP contribution in [0.15, 0.2) is 29.5 Å². The standard InChI is InChI=1S/C10H11F3/c1-8-4-2-3-5-9(7-6-8)10(11,12)13/h2,6-7,9H,3,5H2,1H3. The van der Waals surface area contributed by atoms with Gasteiger partial charge in [-0.05, 0) is 31.4 Å². The highest BCUT2D eigenvalue weighted by Gasteiger charge is 2.36. The van der Waals surface area contributed by atoms with Gasteiger partial charge < -0.3 is 0 Å². The second kappa shape index (κ2) is 3.84. The van der Waals surface area contributed by atoms with Crippen molar-refractivity contribution in [1.29, 1.82) is 0 Å². The van der Waals surface area contributed by atoms with E-state index in [9.17, 15) is 13.2 Å². The third-order valence-electron chi connectivity index (χ3n) is 1.95. The molecule has 0 saturated heterocycles. The number of rotatable bonds is 0. The summed E-state index contributed by atoms with van der Waals surface area (Å²) < 4.78 is 36.9. The van der Waals surface area contributed by atoms with Gasteiger partial charge in [0.15, 0.2) is 0 Å². The van der Waals surface area contributed by atoms with Crippen LogP contribution < -0.4 is 0 Å². The Hall–Kier alpha value is -0.950. The third kappa shape index (κ3) is 3.11. The molecule has 72 valence electrons. The van der Waals surface area contributed by atoms with Crippen molar-refractivity contribution in [3.05, 3.63) is 29.5 Å². The van der Waals surface area contributed by atoms with Crippen LogP contribution >= 0.6 is 0 Å². The molecule has 0 spiro atoms. The second-order valence-electron chi connectivity index (χ2n) is 3.12. The average Bonchev–Trinajstić information content (AvgIpc) is 1.94. The lowest BCUT2D eigenvalue weighted by atomic mass is 9.99. The first-order chi connectivity index (χ1) is 6.00. The summed E-state index contributed by atoms with van der Waals surface area (Å²) in [5.74, 6) is -1.30. The van der Waals surface area contributed by atoms with E-state index in [0.29, 0.717) is 6.42 Å². The smallest absolute Gasteiger partial charge is 0.170 e. The zero-order valence-corrected chi connectivity index (χ0v) is 7.36. The topological polar surface area (TPSA) is 0 Å². The molecule has 1 aliphatic carbocycles. The fourth-order valence-electron chi connectivity index (χ4n) is 1.17. The lowest BCUT2D eigenvalue weighted by molar-refractivity contribution is -0.162. The summed E-state index contributed by atoms with van der Waals surface area (Å²) in [6.45, 7) is 1.74. The van der Waals surface area contributed by atoms with Gasteiger partial charge in [-0.2, -0.15) is 13.2 Å². The molecule has 0 radical (unpaired) electrons. The average molecular weight is 188 g/mol. The van der Waals surface area contributed by atoms with Gasteiger partial charge >= 0.3 is 6.18 Å². The molecule has 13 heavy (non-hydrogen) atoms. The van der Waals surface area contributed by atoms with Gasteiger partial charge in [-0.1, -0.05) is 12.2 Å². The largest absolute Gasteiger partial charge is 0.395 e. The van der Waals surface area contributed by atoms with Gasteiger partial charge in [-0.15, -0.1) is 5.73 Å². The molecule has 0 N–H and O–H groups in total. The quantitative estimate of drug-likeness (QED) is 0.509. The lowest BCUT2D eigenvalue weighted by Crippen LogP contribution is -2.20. The fourth-order valence-corrected chi connectivity index (χ4v) is 1.17. The van der Waals surface area contributed by atoms with E-state index >= 15 is 0 Å². The van der Waals surface area contributed by atoms with Crippen LogP contribution in [0.4, 0.5) is 13.2 Å². The van der Waals surface area contributed by atoms with Crippen LogP contribution in [0.1, 0.15) is 19.8 Å². The van der Waals surface area contributed by atoms with E-state index in [4.69, 9.17) is 0 Å². The molecule has 0 fully saturated rings. The molecular formula is C10H11F3. The third-order valence-corrected chi connectivity index (χ3v) is 1.95. The Labute approximate surface area is 75.4 Å².